The molecule has 0 fully saturated rings. The fourth-order valence-corrected chi connectivity index (χ4v) is 2.37. The second-order valence-electron chi connectivity index (χ2n) is 4.57. The maximum absolute atomic E-state index is 13.1. The summed E-state index contributed by atoms with van der Waals surface area (Å²) >= 11 is 10.9. The molecule has 2 aromatic carbocycles. The van der Waals surface area contributed by atoms with Gasteiger partial charge in [-0.05, 0) is 48.5 Å². The molecule has 6 heteroatoms. The molecule has 22 heavy (non-hydrogen) atoms. The van der Waals surface area contributed by atoms with Gasteiger partial charge in [0.1, 0.15) is 11.6 Å². The molecule has 0 aromatic heterocycles. The van der Waals surface area contributed by atoms with E-state index in [2.05, 4.69) is 10.6 Å². The summed E-state index contributed by atoms with van der Waals surface area (Å²) < 4.78 is 18.4. The van der Waals surface area contributed by atoms with Crippen LogP contribution in [0.1, 0.15) is 5.56 Å². The van der Waals surface area contributed by atoms with Gasteiger partial charge in [-0.1, -0.05) is 29.8 Å². The smallest absolute Gasteiger partial charge is 0.170 e. The van der Waals surface area contributed by atoms with Crippen LogP contribution < -0.4 is 15.4 Å². The highest BCUT2D eigenvalue weighted by atomic mass is 35.5. The number of anilines is 1. The lowest BCUT2D eigenvalue weighted by Gasteiger charge is -2.12. The van der Waals surface area contributed by atoms with Gasteiger partial charge in [0.2, 0.25) is 0 Å². The van der Waals surface area contributed by atoms with Crippen LogP contribution in [0.3, 0.4) is 0 Å². The summed E-state index contributed by atoms with van der Waals surface area (Å²) in [6.45, 7) is 0.654. The molecule has 0 heterocycles. The molecule has 3 nitrogen and oxygen atoms in total. The van der Waals surface area contributed by atoms with Crippen molar-refractivity contribution >= 4 is 34.6 Å². The quantitative estimate of drug-likeness (QED) is 0.807. The molecule has 0 aliphatic rings. The van der Waals surface area contributed by atoms with Crippen LogP contribution in [-0.2, 0) is 6.42 Å². The van der Waals surface area contributed by atoms with Crippen molar-refractivity contribution in [3.05, 3.63) is 58.9 Å². The molecule has 0 aliphatic carbocycles. The van der Waals surface area contributed by atoms with Crippen LogP contribution in [-0.4, -0.2) is 18.8 Å². The molecule has 0 radical (unpaired) electrons. The van der Waals surface area contributed by atoms with Gasteiger partial charge in [-0.25, -0.2) is 4.39 Å². The average molecular weight is 339 g/mol. The number of hydrogen-bond donors (Lipinski definition) is 2. The zero-order valence-electron chi connectivity index (χ0n) is 12.0. The third-order valence-electron chi connectivity index (χ3n) is 3.05. The van der Waals surface area contributed by atoms with Gasteiger partial charge in [-0.3, -0.25) is 0 Å². The molecule has 0 saturated carbocycles. The molecule has 0 amide bonds. The van der Waals surface area contributed by atoms with Crippen LogP contribution in [0, 0.1) is 5.82 Å². The van der Waals surface area contributed by atoms with Gasteiger partial charge in [0.05, 0.1) is 12.1 Å². The molecule has 0 unspecified atom stereocenters. The summed E-state index contributed by atoms with van der Waals surface area (Å²) in [6, 6.07) is 12.2. The number of ether oxygens (including phenoxy) is 1. The Morgan fingerprint density at radius 1 is 1.27 bits per heavy atom. The molecule has 0 atom stereocenters. The van der Waals surface area contributed by atoms with Crippen molar-refractivity contribution in [2.75, 3.05) is 19.0 Å². The van der Waals surface area contributed by atoms with E-state index in [-0.39, 0.29) is 5.02 Å². The number of benzene rings is 2. The number of thiocarbonyl (C=S) groups is 1. The van der Waals surface area contributed by atoms with Gasteiger partial charge in [0.15, 0.2) is 5.11 Å². The topological polar surface area (TPSA) is 33.3 Å². The van der Waals surface area contributed by atoms with E-state index < -0.39 is 5.82 Å². The van der Waals surface area contributed by atoms with Gasteiger partial charge in [-0.15, -0.1) is 0 Å². The number of rotatable bonds is 5. The third kappa shape index (κ3) is 4.58. The van der Waals surface area contributed by atoms with E-state index in [0.717, 1.165) is 17.7 Å². The summed E-state index contributed by atoms with van der Waals surface area (Å²) in [4.78, 5) is 0. The van der Waals surface area contributed by atoms with Crippen molar-refractivity contribution in [3.63, 3.8) is 0 Å². The Balaban J connectivity index is 1.84. The summed E-state index contributed by atoms with van der Waals surface area (Å²) in [7, 11) is 1.65. The van der Waals surface area contributed by atoms with E-state index in [9.17, 15) is 4.39 Å². The SMILES string of the molecule is COc1ccccc1CCNC(=S)Nc1ccc(F)c(Cl)c1. The molecular weight excluding hydrogens is 323 g/mol. The zero-order valence-corrected chi connectivity index (χ0v) is 13.6. The van der Waals surface area contributed by atoms with Gasteiger partial charge in [0, 0.05) is 12.2 Å². The van der Waals surface area contributed by atoms with E-state index >= 15 is 0 Å². The fourth-order valence-electron chi connectivity index (χ4n) is 1.97. The van der Waals surface area contributed by atoms with Gasteiger partial charge >= 0.3 is 0 Å². The highest BCUT2D eigenvalue weighted by Crippen LogP contribution is 2.19. The predicted octanol–water partition coefficient (Wildman–Crippen LogP) is 4.02. The van der Waals surface area contributed by atoms with Crippen molar-refractivity contribution in [1.82, 2.24) is 5.32 Å². The van der Waals surface area contributed by atoms with E-state index in [1.807, 2.05) is 24.3 Å². The average Bonchev–Trinajstić information content (AvgIpc) is 2.51. The summed E-state index contributed by atoms with van der Waals surface area (Å²) in [5.74, 6) is 0.399. The summed E-state index contributed by atoms with van der Waals surface area (Å²) in [6.07, 6.45) is 0.774. The number of nitrogens with one attached hydrogen (secondary N) is 2. The molecule has 0 saturated heterocycles. The predicted molar refractivity (Wildman–Crippen MR) is 92.3 cm³/mol. The minimum absolute atomic E-state index is 0.0572. The minimum atomic E-state index is -0.456. The Labute approximate surface area is 139 Å². The first-order valence-corrected chi connectivity index (χ1v) is 7.50. The van der Waals surface area contributed by atoms with Crippen molar-refractivity contribution in [1.29, 1.82) is 0 Å². The molecular formula is C16H16ClFN2OS. The van der Waals surface area contributed by atoms with E-state index in [4.69, 9.17) is 28.6 Å². The maximum Gasteiger partial charge on any atom is 0.170 e. The highest BCUT2D eigenvalue weighted by Gasteiger charge is 2.04. The second-order valence-corrected chi connectivity index (χ2v) is 5.39. The number of hydrogen-bond acceptors (Lipinski definition) is 2. The summed E-state index contributed by atoms with van der Waals surface area (Å²) in [5.41, 5.74) is 1.74. The molecule has 0 bridgehead atoms. The Morgan fingerprint density at radius 2 is 2.05 bits per heavy atom. The Bertz CT molecular complexity index is 666. The van der Waals surface area contributed by atoms with Crippen molar-refractivity contribution in [2.24, 2.45) is 0 Å². The van der Waals surface area contributed by atoms with E-state index in [0.29, 0.717) is 17.3 Å². The lowest BCUT2D eigenvalue weighted by Crippen LogP contribution is -2.30. The molecule has 2 aromatic rings. The number of methoxy groups -OCH3 is 1. The van der Waals surface area contributed by atoms with Crippen LogP contribution in [0.15, 0.2) is 42.5 Å². The van der Waals surface area contributed by atoms with Crippen LogP contribution in [0.4, 0.5) is 10.1 Å². The number of halogens is 2. The first-order valence-electron chi connectivity index (χ1n) is 6.72. The van der Waals surface area contributed by atoms with E-state index in [1.165, 1.54) is 12.1 Å². The van der Waals surface area contributed by atoms with E-state index in [1.54, 1.807) is 13.2 Å². The van der Waals surface area contributed by atoms with Crippen molar-refractivity contribution < 1.29 is 9.13 Å². The standard InChI is InChI=1S/C16H16ClFN2OS/c1-21-15-5-3-2-4-11(15)8-9-19-16(22)20-12-6-7-14(18)13(17)10-12/h2-7,10H,8-9H2,1H3,(H2,19,20,22). The van der Waals surface area contributed by atoms with Crippen molar-refractivity contribution in [3.8, 4) is 5.75 Å². The van der Waals surface area contributed by atoms with Crippen LogP contribution >= 0.6 is 23.8 Å². The van der Waals surface area contributed by atoms with Crippen LogP contribution in [0.25, 0.3) is 0 Å². The second kappa shape index (κ2) is 7.96. The molecule has 2 N–H and O–H groups in total. The van der Waals surface area contributed by atoms with Gasteiger partial charge in [0.25, 0.3) is 0 Å². The monoisotopic (exact) mass is 338 g/mol. The summed E-state index contributed by atoms with van der Waals surface area (Å²) in [5, 5.41) is 6.57. The normalized spacial score (nSPS) is 10.1. The first kappa shape index (κ1) is 16.5. The van der Waals surface area contributed by atoms with Crippen LogP contribution in [0.5, 0.6) is 5.75 Å². The van der Waals surface area contributed by atoms with Crippen molar-refractivity contribution in [2.45, 2.75) is 6.42 Å². The fraction of sp³-hybridized carbons (Fsp3) is 0.188. The molecule has 0 aliphatic heterocycles. The third-order valence-corrected chi connectivity index (χ3v) is 3.59. The Morgan fingerprint density at radius 3 is 2.77 bits per heavy atom. The molecule has 0 spiro atoms. The maximum atomic E-state index is 13.1. The molecule has 116 valence electrons. The van der Waals surface area contributed by atoms with Gasteiger partial charge in [-0.2, -0.15) is 0 Å². The highest BCUT2D eigenvalue weighted by molar-refractivity contribution is 7.80. The van der Waals surface area contributed by atoms with Crippen LogP contribution in [0.2, 0.25) is 5.02 Å². The Kier molecular flexibility index (Phi) is 5.98. The Hall–Kier alpha value is -1.85. The van der Waals surface area contributed by atoms with Gasteiger partial charge < -0.3 is 15.4 Å². The molecule has 2 rings (SSSR count). The minimum Gasteiger partial charge on any atom is -0.496 e. The largest absolute Gasteiger partial charge is 0.496 e. The number of para-hydroxylation sites is 1. The first-order chi connectivity index (χ1) is 10.6. The zero-order chi connectivity index (χ0) is 15.9. The lowest BCUT2D eigenvalue weighted by atomic mass is 10.1. The lowest BCUT2D eigenvalue weighted by molar-refractivity contribution is 0.409.